The predicted molar refractivity (Wildman–Crippen MR) is 197 cm³/mol. The highest BCUT2D eigenvalue weighted by Gasteiger charge is 2.33. The maximum atomic E-state index is 14.8. The zero-order valence-corrected chi connectivity index (χ0v) is 28.9. The number of carbonyl (C=O) groups excluding carboxylic acids is 2. The Morgan fingerprint density at radius 3 is 2.30 bits per heavy atom. The molecule has 1 N–H and O–H groups in total. The number of aromatic nitrogens is 1. The minimum absolute atomic E-state index is 0.0491. The summed E-state index contributed by atoms with van der Waals surface area (Å²) < 4.78 is 2.30. The molecular formula is C43H44N4O3. The van der Waals surface area contributed by atoms with Gasteiger partial charge in [0.15, 0.2) is 0 Å². The third-order valence-corrected chi connectivity index (χ3v) is 11.0. The lowest BCUT2D eigenvalue weighted by molar-refractivity contribution is 0.0658. The molecule has 254 valence electrons. The van der Waals surface area contributed by atoms with Gasteiger partial charge in [-0.25, -0.2) is 0 Å². The van der Waals surface area contributed by atoms with Crippen LogP contribution in [0, 0.1) is 0 Å². The molecule has 3 aliphatic rings. The second-order valence-corrected chi connectivity index (χ2v) is 14.2. The topological polar surface area (TPSA) is 69.0 Å². The van der Waals surface area contributed by atoms with Crippen LogP contribution in [0.15, 0.2) is 97.1 Å². The van der Waals surface area contributed by atoms with Crippen LogP contribution in [-0.4, -0.2) is 50.9 Å². The fourth-order valence-corrected chi connectivity index (χ4v) is 8.16. The molecule has 7 heteroatoms. The molecule has 1 aromatic heterocycles. The van der Waals surface area contributed by atoms with Crippen LogP contribution in [0.5, 0.6) is 5.75 Å². The van der Waals surface area contributed by atoms with Crippen LogP contribution in [0.1, 0.15) is 74.0 Å². The fourth-order valence-electron chi connectivity index (χ4n) is 8.16. The normalized spacial score (nSPS) is 16.8. The SMILES string of the molecule is C[C@@H]1Cc2ccccc2CN1C(=O)c1cc2c(cc1-c1cc(C(=O)N(C)c3ccc(O)cc3)c3n1CCCC3)CN(CCc1ccccc1)C2. The molecule has 2 amide bonds. The van der Waals surface area contributed by atoms with E-state index >= 15 is 0 Å². The Balaban J connectivity index is 1.19. The van der Waals surface area contributed by atoms with Crippen molar-refractivity contribution in [3.8, 4) is 17.0 Å². The number of hydrogen-bond acceptors (Lipinski definition) is 4. The zero-order valence-electron chi connectivity index (χ0n) is 28.9. The molecule has 0 saturated carbocycles. The number of phenolic OH excluding ortho intramolecular Hbond substituents is 1. The third kappa shape index (κ3) is 6.00. The summed E-state index contributed by atoms with van der Waals surface area (Å²) in [4.78, 5) is 35.2. The van der Waals surface area contributed by atoms with Gasteiger partial charge in [0.1, 0.15) is 5.75 Å². The Labute approximate surface area is 294 Å². The summed E-state index contributed by atoms with van der Waals surface area (Å²) in [6.07, 6.45) is 4.66. The fraction of sp³-hybridized carbons (Fsp3) is 0.302. The zero-order chi connectivity index (χ0) is 34.4. The number of anilines is 1. The van der Waals surface area contributed by atoms with Crippen LogP contribution in [0.2, 0.25) is 0 Å². The van der Waals surface area contributed by atoms with Gasteiger partial charge in [0.05, 0.1) is 5.56 Å². The van der Waals surface area contributed by atoms with E-state index in [1.807, 2.05) is 11.0 Å². The number of aromatic hydroxyl groups is 1. The van der Waals surface area contributed by atoms with Crippen molar-refractivity contribution in [2.75, 3.05) is 18.5 Å². The van der Waals surface area contributed by atoms with E-state index in [4.69, 9.17) is 0 Å². The predicted octanol–water partition coefficient (Wildman–Crippen LogP) is 7.62. The Kier molecular flexibility index (Phi) is 8.53. The lowest BCUT2D eigenvalue weighted by atomic mass is 9.92. The minimum atomic E-state index is -0.0880. The van der Waals surface area contributed by atoms with Gasteiger partial charge in [-0.05, 0) is 109 Å². The monoisotopic (exact) mass is 664 g/mol. The van der Waals surface area contributed by atoms with Crippen LogP contribution in [-0.2, 0) is 45.4 Å². The molecule has 4 aromatic carbocycles. The number of carbonyl (C=O) groups is 2. The number of phenols is 1. The van der Waals surface area contributed by atoms with Crippen LogP contribution in [0.3, 0.4) is 0 Å². The number of fused-ring (bicyclic) bond motifs is 3. The van der Waals surface area contributed by atoms with Gasteiger partial charge in [-0.3, -0.25) is 14.5 Å². The van der Waals surface area contributed by atoms with E-state index in [-0.39, 0.29) is 23.6 Å². The Bertz CT molecular complexity index is 2070. The van der Waals surface area contributed by atoms with E-state index in [1.54, 1.807) is 36.2 Å². The molecule has 4 heterocycles. The molecule has 0 saturated heterocycles. The maximum absolute atomic E-state index is 14.8. The molecule has 8 rings (SSSR count). The lowest BCUT2D eigenvalue weighted by Gasteiger charge is -2.35. The molecule has 5 aromatic rings. The molecule has 3 aliphatic heterocycles. The molecular weight excluding hydrogens is 620 g/mol. The van der Waals surface area contributed by atoms with Crippen LogP contribution in [0.25, 0.3) is 11.3 Å². The van der Waals surface area contributed by atoms with Gasteiger partial charge in [-0.15, -0.1) is 0 Å². The first-order valence-corrected chi connectivity index (χ1v) is 17.9. The largest absolute Gasteiger partial charge is 0.508 e. The molecule has 50 heavy (non-hydrogen) atoms. The molecule has 0 aliphatic carbocycles. The van der Waals surface area contributed by atoms with E-state index in [2.05, 4.69) is 83.1 Å². The molecule has 7 nitrogen and oxygen atoms in total. The van der Waals surface area contributed by atoms with Crippen molar-refractivity contribution >= 4 is 17.5 Å². The Morgan fingerprint density at radius 2 is 1.52 bits per heavy atom. The molecule has 0 bridgehead atoms. The smallest absolute Gasteiger partial charge is 0.259 e. The summed E-state index contributed by atoms with van der Waals surface area (Å²) in [6.45, 7) is 6.14. The minimum Gasteiger partial charge on any atom is -0.508 e. The average Bonchev–Trinajstić information content (AvgIpc) is 3.74. The summed E-state index contributed by atoms with van der Waals surface area (Å²) in [6, 6.07) is 32.3. The molecule has 1 atom stereocenters. The van der Waals surface area contributed by atoms with E-state index < -0.39 is 0 Å². The van der Waals surface area contributed by atoms with Crippen molar-refractivity contribution in [2.45, 2.75) is 71.2 Å². The van der Waals surface area contributed by atoms with Crippen molar-refractivity contribution < 1.29 is 14.7 Å². The summed E-state index contributed by atoms with van der Waals surface area (Å²) in [5.74, 6) is 0.125. The summed E-state index contributed by atoms with van der Waals surface area (Å²) in [5, 5.41) is 9.84. The number of nitrogens with zero attached hydrogens (tertiary/aromatic N) is 4. The van der Waals surface area contributed by atoms with E-state index in [0.717, 1.165) is 80.8 Å². The standard InChI is InChI=1S/C43H44N4O3/c1-29-22-31-12-6-7-13-32(31)28-47(29)43(50)38-24-34-27-45(21-19-30-10-4-3-5-11-30)26-33(34)23-37(38)41-25-39(40-14-8-9-20-46(40)41)42(49)44(2)35-15-17-36(48)18-16-35/h3-7,10-13,15-18,23-25,29,48H,8-9,14,19-22,26-28H2,1-2H3/t29-/m1/s1. The molecule has 0 spiro atoms. The quantitative estimate of drug-likeness (QED) is 0.194. The first-order valence-electron chi connectivity index (χ1n) is 17.9. The van der Waals surface area contributed by atoms with Gasteiger partial charge in [0.25, 0.3) is 11.8 Å². The van der Waals surface area contributed by atoms with Crippen molar-refractivity contribution in [2.24, 2.45) is 0 Å². The first-order chi connectivity index (χ1) is 24.3. The van der Waals surface area contributed by atoms with E-state index in [0.29, 0.717) is 17.8 Å². The first kappa shape index (κ1) is 32.1. The van der Waals surface area contributed by atoms with Crippen molar-refractivity contribution in [3.63, 3.8) is 0 Å². The highest BCUT2D eigenvalue weighted by Crippen LogP contribution is 2.38. The maximum Gasteiger partial charge on any atom is 0.259 e. The van der Waals surface area contributed by atoms with E-state index in [1.165, 1.54) is 27.8 Å². The van der Waals surface area contributed by atoms with Gasteiger partial charge in [-0.1, -0.05) is 54.6 Å². The number of benzene rings is 4. The van der Waals surface area contributed by atoms with Crippen LogP contribution < -0.4 is 4.90 Å². The highest BCUT2D eigenvalue weighted by atomic mass is 16.3. The van der Waals surface area contributed by atoms with Crippen molar-refractivity contribution in [1.82, 2.24) is 14.4 Å². The highest BCUT2D eigenvalue weighted by molar-refractivity contribution is 6.08. The number of amides is 2. The van der Waals surface area contributed by atoms with Crippen LogP contribution >= 0.6 is 0 Å². The second kappa shape index (κ2) is 13.3. The lowest BCUT2D eigenvalue weighted by Crippen LogP contribution is -2.42. The summed E-state index contributed by atoms with van der Waals surface area (Å²) in [5.41, 5.74) is 11.3. The summed E-state index contributed by atoms with van der Waals surface area (Å²) in [7, 11) is 1.78. The number of rotatable bonds is 7. The van der Waals surface area contributed by atoms with Gasteiger partial charge in [0.2, 0.25) is 0 Å². The molecule has 0 fully saturated rings. The third-order valence-electron chi connectivity index (χ3n) is 11.0. The molecule has 0 radical (unpaired) electrons. The van der Waals surface area contributed by atoms with E-state index in [9.17, 15) is 14.7 Å². The van der Waals surface area contributed by atoms with Gasteiger partial charge in [0, 0.05) is 74.0 Å². The second-order valence-electron chi connectivity index (χ2n) is 14.2. The molecule has 0 unspecified atom stereocenters. The van der Waals surface area contributed by atoms with Crippen LogP contribution in [0.4, 0.5) is 5.69 Å². The Hall–Kier alpha value is -5.14. The van der Waals surface area contributed by atoms with Crippen molar-refractivity contribution in [3.05, 3.63) is 142 Å². The number of hydrogen-bond donors (Lipinski definition) is 1. The summed E-state index contributed by atoms with van der Waals surface area (Å²) >= 11 is 0. The van der Waals surface area contributed by atoms with Gasteiger partial charge >= 0.3 is 0 Å². The Morgan fingerprint density at radius 1 is 0.800 bits per heavy atom. The van der Waals surface area contributed by atoms with Gasteiger partial charge < -0.3 is 19.5 Å². The van der Waals surface area contributed by atoms with Crippen molar-refractivity contribution in [1.29, 1.82) is 0 Å². The average molecular weight is 665 g/mol. The van der Waals surface area contributed by atoms with Gasteiger partial charge in [-0.2, -0.15) is 0 Å².